The van der Waals surface area contributed by atoms with Gasteiger partial charge in [-0.05, 0) is 45.0 Å². The molecule has 0 bridgehead atoms. The van der Waals surface area contributed by atoms with Crippen molar-refractivity contribution >= 4 is 34.5 Å². The Hall–Kier alpha value is -2.44. The van der Waals surface area contributed by atoms with Crippen LogP contribution in [0, 0.1) is 0 Å². The number of nitrogens with one attached hydrogen (secondary N) is 1. The van der Waals surface area contributed by atoms with E-state index in [0.29, 0.717) is 50.2 Å². The Morgan fingerprint density at radius 1 is 0.882 bits per heavy atom. The van der Waals surface area contributed by atoms with Gasteiger partial charge in [0.1, 0.15) is 16.6 Å². The summed E-state index contributed by atoms with van der Waals surface area (Å²) in [4.78, 5) is 36.5. The van der Waals surface area contributed by atoms with Gasteiger partial charge in [-0.15, -0.1) is 0 Å². The van der Waals surface area contributed by atoms with E-state index < -0.39 is 28.4 Å². The average molecular weight is 497 g/mol. The number of hydrogen-bond donors (Lipinski definition) is 1. The van der Waals surface area contributed by atoms with Gasteiger partial charge in [0.05, 0.1) is 56.6 Å². The lowest BCUT2D eigenvalue weighted by molar-refractivity contribution is -0.156. The highest BCUT2D eigenvalue weighted by Crippen LogP contribution is 2.20. The second kappa shape index (κ2) is 14.1. The molecule has 0 radical (unpaired) electrons. The molecule has 0 spiro atoms. The van der Waals surface area contributed by atoms with E-state index in [1.807, 2.05) is 20.8 Å². The summed E-state index contributed by atoms with van der Waals surface area (Å²) < 4.78 is 36.5. The van der Waals surface area contributed by atoms with Gasteiger partial charge in [-0.2, -0.15) is 0 Å². The second-order valence-corrected chi connectivity index (χ2v) is 9.47. The van der Waals surface area contributed by atoms with Crippen molar-refractivity contribution in [3.63, 3.8) is 0 Å². The van der Waals surface area contributed by atoms with Crippen molar-refractivity contribution in [2.45, 2.75) is 37.7 Å². The minimum absolute atomic E-state index is 0.203. The molecule has 0 aliphatic carbocycles. The first-order valence-corrected chi connectivity index (χ1v) is 12.1. The zero-order valence-corrected chi connectivity index (χ0v) is 20.6. The maximum absolute atomic E-state index is 12.3. The first-order valence-electron chi connectivity index (χ1n) is 10.9. The summed E-state index contributed by atoms with van der Waals surface area (Å²) in [6.07, 6.45) is 2.63. The zero-order valence-electron chi connectivity index (χ0n) is 19.7. The smallest absolute Gasteiger partial charge is 0.308 e. The summed E-state index contributed by atoms with van der Waals surface area (Å²) in [5.41, 5.74) is -0.0649. The molecule has 2 rings (SSSR count). The van der Waals surface area contributed by atoms with E-state index in [1.54, 1.807) is 24.3 Å². The number of nitrogens with zero attached hydrogens (tertiary/aromatic N) is 1. The van der Waals surface area contributed by atoms with Crippen LogP contribution in [0.3, 0.4) is 0 Å². The minimum atomic E-state index is -1.45. The molecule has 1 atom stereocenters. The normalized spacial score (nSPS) is 14.6. The van der Waals surface area contributed by atoms with E-state index >= 15 is 0 Å². The van der Waals surface area contributed by atoms with Crippen molar-refractivity contribution in [3.8, 4) is 0 Å². The van der Waals surface area contributed by atoms with Crippen LogP contribution in [-0.4, -0.2) is 73.8 Å². The lowest BCUT2D eigenvalue weighted by atomic mass is 10.2. The van der Waals surface area contributed by atoms with E-state index in [0.717, 1.165) is 4.90 Å². The quantitative estimate of drug-likeness (QED) is 0.220. The number of amides is 2. The standard InChI is InChI=1S/C23H32N2O8S/c1-23(2,3)33-22(28)10-12-30-14-16-32-17-15-31-13-11-24-34(29)19-6-4-18(5-7-19)25-20(26)8-9-21(25)27/h4-9,24H,10-17H2,1-3H3. The number of anilines is 1. The van der Waals surface area contributed by atoms with Gasteiger partial charge in [-0.3, -0.25) is 14.4 Å². The summed E-state index contributed by atoms with van der Waals surface area (Å²) in [5, 5.41) is 0. The fourth-order valence-electron chi connectivity index (χ4n) is 2.75. The molecule has 1 aliphatic heterocycles. The summed E-state index contributed by atoms with van der Waals surface area (Å²) >= 11 is 0. The lowest BCUT2D eigenvalue weighted by Crippen LogP contribution is -2.29. The molecule has 11 heteroatoms. The lowest BCUT2D eigenvalue weighted by Gasteiger charge is -2.19. The number of imide groups is 1. The third-order valence-electron chi connectivity index (χ3n) is 4.21. The number of carbonyl (C=O) groups is 3. The van der Waals surface area contributed by atoms with Crippen LogP contribution in [0.2, 0.25) is 0 Å². The first-order chi connectivity index (χ1) is 16.2. The molecule has 188 valence electrons. The molecule has 34 heavy (non-hydrogen) atoms. The van der Waals surface area contributed by atoms with Crippen LogP contribution in [0.25, 0.3) is 0 Å². The second-order valence-electron chi connectivity index (χ2n) is 8.18. The number of carbonyl (C=O) groups excluding carboxylic acids is 3. The van der Waals surface area contributed by atoms with Crippen LogP contribution < -0.4 is 9.62 Å². The maximum Gasteiger partial charge on any atom is 0.308 e. The van der Waals surface area contributed by atoms with Gasteiger partial charge in [-0.1, -0.05) is 0 Å². The minimum Gasteiger partial charge on any atom is -0.460 e. The van der Waals surface area contributed by atoms with Gasteiger partial charge in [0.15, 0.2) is 0 Å². The molecule has 1 aliphatic rings. The Balaban J connectivity index is 1.46. The fraction of sp³-hybridized carbons (Fsp3) is 0.522. The van der Waals surface area contributed by atoms with Crippen LogP contribution in [0.5, 0.6) is 0 Å². The van der Waals surface area contributed by atoms with Gasteiger partial charge in [0.25, 0.3) is 11.8 Å². The molecule has 1 unspecified atom stereocenters. The number of rotatable bonds is 15. The SMILES string of the molecule is CC(C)(C)OC(=O)CCOCCOCCOCCNS(=O)c1ccc(N2C(=O)C=CC2=O)cc1. The average Bonchev–Trinajstić information content (AvgIpc) is 3.11. The third kappa shape index (κ3) is 10.2. The Labute approximate surface area is 202 Å². The highest BCUT2D eigenvalue weighted by Gasteiger charge is 2.25. The van der Waals surface area contributed by atoms with Gasteiger partial charge in [-0.25, -0.2) is 13.8 Å². The van der Waals surface area contributed by atoms with Crippen molar-refractivity contribution in [2.75, 3.05) is 51.1 Å². The van der Waals surface area contributed by atoms with Gasteiger partial charge in [0.2, 0.25) is 0 Å². The van der Waals surface area contributed by atoms with E-state index in [1.165, 1.54) is 12.2 Å². The molecule has 0 saturated carbocycles. The topological polar surface area (TPSA) is 120 Å². The van der Waals surface area contributed by atoms with Gasteiger partial charge >= 0.3 is 5.97 Å². The summed E-state index contributed by atoms with van der Waals surface area (Å²) in [7, 11) is -1.45. The van der Waals surface area contributed by atoms with E-state index in [2.05, 4.69) is 4.72 Å². The number of esters is 1. The predicted octanol–water partition coefficient (Wildman–Crippen LogP) is 1.51. The van der Waals surface area contributed by atoms with Gasteiger partial charge in [0, 0.05) is 18.7 Å². The zero-order chi connectivity index (χ0) is 25.0. The monoisotopic (exact) mass is 496 g/mol. The van der Waals surface area contributed by atoms with Gasteiger partial charge < -0.3 is 18.9 Å². The summed E-state index contributed by atoms with van der Waals surface area (Å²) in [6.45, 7) is 8.00. The number of hydrogen-bond acceptors (Lipinski definition) is 8. The predicted molar refractivity (Wildman–Crippen MR) is 125 cm³/mol. The molecule has 0 aromatic heterocycles. The molecular formula is C23H32N2O8S. The van der Waals surface area contributed by atoms with E-state index in [-0.39, 0.29) is 19.0 Å². The van der Waals surface area contributed by atoms with Crippen LogP contribution in [-0.2, 0) is 44.3 Å². The van der Waals surface area contributed by atoms with Crippen molar-refractivity contribution in [3.05, 3.63) is 36.4 Å². The molecule has 10 nitrogen and oxygen atoms in total. The molecule has 1 aromatic rings. The molecular weight excluding hydrogens is 464 g/mol. The molecule has 0 saturated heterocycles. The molecule has 1 N–H and O–H groups in total. The Morgan fingerprint density at radius 2 is 1.41 bits per heavy atom. The van der Waals surface area contributed by atoms with Crippen LogP contribution >= 0.6 is 0 Å². The maximum atomic E-state index is 12.3. The molecule has 1 heterocycles. The number of benzene rings is 1. The Bertz CT molecular complexity index is 862. The summed E-state index contributed by atoms with van der Waals surface area (Å²) in [6, 6.07) is 6.35. The first kappa shape index (κ1) is 27.8. The number of ether oxygens (including phenoxy) is 4. The molecule has 1 aromatic carbocycles. The largest absolute Gasteiger partial charge is 0.460 e. The molecule has 0 fully saturated rings. The van der Waals surface area contributed by atoms with Crippen molar-refractivity contribution in [2.24, 2.45) is 0 Å². The van der Waals surface area contributed by atoms with E-state index in [4.69, 9.17) is 18.9 Å². The fourth-order valence-corrected chi connectivity index (χ4v) is 3.57. The highest BCUT2D eigenvalue weighted by atomic mass is 32.2. The van der Waals surface area contributed by atoms with Crippen molar-refractivity contribution in [1.29, 1.82) is 0 Å². The van der Waals surface area contributed by atoms with Crippen LogP contribution in [0.4, 0.5) is 5.69 Å². The Kier molecular flexibility index (Phi) is 11.5. The van der Waals surface area contributed by atoms with Crippen LogP contribution in [0.15, 0.2) is 41.3 Å². The van der Waals surface area contributed by atoms with Crippen molar-refractivity contribution < 1.29 is 37.5 Å². The molecule has 2 amide bonds. The summed E-state index contributed by atoms with van der Waals surface area (Å²) in [5.74, 6) is -1.09. The Morgan fingerprint density at radius 3 is 1.97 bits per heavy atom. The highest BCUT2D eigenvalue weighted by molar-refractivity contribution is 7.83. The van der Waals surface area contributed by atoms with E-state index in [9.17, 15) is 18.6 Å². The van der Waals surface area contributed by atoms with Crippen molar-refractivity contribution in [1.82, 2.24) is 4.72 Å². The third-order valence-corrected chi connectivity index (χ3v) is 5.38. The van der Waals surface area contributed by atoms with Crippen LogP contribution in [0.1, 0.15) is 27.2 Å².